The van der Waals surface area contributed by atoms with Crippen molar-refractivity contribution in [3.63, 3.8) is 0 Å². The van der Waals surface area contributed by atoms with E-state index in [1.807, 2.05) is 63.6 Å². The van der Waals surface area contributed by atoms with Crippen LogP contribution >= 0.6 is 11.3 Å². The predicted octanol–water partition coefficient (Wildman–Crippen LogP) is 5.22. The van der Waals surface area contributed by atoms with Gasteiger partial charge in [-0.15, -0.1) is 10.2 Å². The second kappa shape index (κ2) is 12.4. The third kappa shape index (κ3) is 6.68. The summed E-state index contributed by atoms with van der Waals surface area (Å²) in [4.78, 5) is 0.888. The summed E-state index contributed by atoms with van der Waals surface area (Å²) in [5.41, 5.74) is 4.12. The molecule has 9 nitrogen and oxygen atoms in total. The molecule has 3 aromatic carbocycles. The van der Waals surface area contributed by atoms with Crippen molar-refractivity contribution in [2.45, 2.75) is 50.3 Å². The van der Waals surface area contributed by atoms with Crippen LogP contribution in [0, 0.1) is 11.8 Å². The van der Waals surface area contributed by atoms with E-state index < -0.39 is 20.0 Å². The van der Waals surface area contributed by atoms with Gasteiger partial charge in [0.05, 0.1) is 20.0 Å². The van der Waals surface area contributed by atoms with E-state index >= 15 is 0 Å². The van der Waals surface area contributed by atoms with Crippen LogP contribution in [0.15, 0.2) is 80.7 Å². The molecular weight excluding hydrogens is 603 g/mol. The lowest BCUT2D eigenvalue weighted by atomic mass is 10.1. The Morgan fingerprint density at radius 3 is 1.72 bits per heavy atom. The molecule has 5 rings (SSSR count). The van der Waals surface area contributed by atoms with Crippen molar-refractivity contribution in [3.8, 4) is 11.1 Å². The van der Waals surface area contributed by atoms with Crippen LogP contribution in [0.2, 0.25) is 0 Å². The van der Waals surface area contributed by atoms with Crippen LogP contribution in [0.1, 0.15) is 51.7 Å². The second-order valence-corrected chi connectivity index (χ2v) is 16.1. The summed E-state index contributed by atoms with van der Waals surface area (Å²) in [6.45, 7) is 8.83. The van der Waals surface area contributed by atoms with Gasteiger partial charge in [0.2, 0.25) is 24.8 Å². The van der Waals surface area contributed by atoms with E-state index in [9.17, 15) is 16.8 Å². The molecule has 0 amide bonds. The van der Waals surface area contributed by atoms with Gasteiger partial charge >= 0.3 is 0 Å². The average molecular weight is 640 g/mol. The summed E-state index contributed by atoms with van der Waals surface area (Å²) in [5.74, 6) is 0.719. The molecule has 4 aromatic rings. The van der Waals surface area contributed by atoms with Gasteiger partial charge in [0, 0.05) is 31.3 Å². The van der Waals surface area contributed by atoms with Gasteiger partial charge in [-0.3, -0.25) is 0 Å². The Bertz CT molecular complexity index is 1890. The Morgan fingerprint density at radius 2 is 1.23 bits per heavy atom. The largest absolute Gasteiger partial charge is 0.318 e. The van der Waals surface area contributed by atoms with Crippen molar-refractivity contribution >= 4 is 47.3 Å². The first-order valence-corrected chi connectivity index (χ1v) is 18.1. The molecule has 0 unspecified atom stereocenters. The maximum Gasteiger partial charge on any atom is 0.240 e. The van der Waals surface area contributed by atoms with Crippen molar-refractivity contribution in [1.82, 2.24) is 14.0 Å². The van der Waals surface area contributed by atoms with Crippen LogP contribution in [0.3, 0.4) is 0 Å². The predicted molar refractivity (Wildman–Crippen MR) is 173 cm³/mol. The Balaban J connectivity index is 1.62. The quantitative estimate of drug-likeness (QED) is 0.192. The molecule has 1 aliphatic carbocycles. The van der Waals surface area contributed by atoms with Gasteiger partial charge in [-0.25, -0.2) is 26.3 Å². The van der Waals surface area contributed by atoms with E-state index in [4.69, 9.17) is 0 Å². The number of hydrogen-bond donors (Lipinski definition) is 2. The minimum absolute atomic E-state index is 0.117. The number of fused-ring (bicyclic) bond motifs is 4. The van der Waals surface area contributed by atoms with Gasteiger partial charge in [0.15, 0.2) is 0 Å². The highest BCUT2D eigenvalue weighted by atomic mass is 32.2. The molecule has 0 saturated heterocycles. The molecule has 12 heteroatoms. The van der Waals surface area contributed by atoms with Crippen molar-refractivity contribution < 1.29 is 16.8 Å². The van der Waals surface area contributed by atoms with Crippen LogP contribution in [0.4, 0.5) is 0 Å². The lowest BCUT2D eigenvalue weighted by Gasteiger charge is -2.10. The number of sulfonamides is 2. The fourth-order valence-corrected chi connectivity index (χ4v) is 8.01. The number of thiazole rings is 1. The molecule has 0 fully saturated rings. The SMILES string of the molecule is CC(C)CCNS(=O)(=O)c1ccc2c(c1)C(=N/N=c1\sc3ccccc3n1C)c1cc(S(=O)(=O)NCCC(C)C)ccc1-2. The number of nitrogens with zero attached hydrogens (tertiary/aromatic N) is 3. The van der Waals surface area contributed by atoms with Gasteiger partial charge in [0.25, 0.3) is 0 Å². The molecule has 0 aliphatic heterocycles. The average Bonchev–Trinajstić information content (AvgIpc) is 3.44. The topological polar surface area (TPSA) is 122 Å². The van der Waals surface area contributed by atoms with Crippen LogP contribution in [-0.2, 0) is 27.1 Å². The van der Waals surface area contributed by atoms with Crippen molar-refractivity contribution in [1.29, 1.82) is 0 Å². The molecule has 2 N–H and O–H groups in total. The van der Waals surface area contributed by atoms with Crippen molar-refractivity contribution in [2.75, 3.05) is 13.1 Å². The number of hydrogen-bond acceptors (Lipinski definition) is 7. The number of para-hydroxylation sites is 1. The van der Waals surface area contributed by atoms with Gasteiger partial charge in [-0.05, 0) is 72.2 Å². The molecule has 1 heterocycles. The first-order chi connectivity index (χ1) is 20.4. The zero-order valence-corrected chi connectivity index (χ0v) is 27.4. The van der Waals surface area contributed by atoms with Gasteiger partial charge in [-0.2, -0.15) is 0 Å². The highest BCUT2D eigenvalue weighted by Gasteiger charge is 2.29. The first kappa shape index (κ1) is 31.3. The summed E-state index contributed by atoms with van der Waals surface area (Å²) < 4.78 is 61.1. The number of benzene rings is 3. The summed E-state index contributed by atoms with van der Waals surface area (Å²) in [7, 11) is -5.63. The first-order valence-electron chi connectivity index (χ1n) is 14.3. The zero-order chi connectivity index (χ0) is 30.9. The van der Waals surface area contributed by atoms with E-state index in [1.54, 1.807) is 36.4 Å². The lowest BCUT2D eigenvalue weighted by molar-refractivity contribution is 0.550. The third-order valence-electron chi connectivity index (χ3n) is 7.38. The monoisotopic (exact) mass is 639 g/mol. The molecule has 0 saturated carbocycles. The highest BCUT2D eigenvalue weighted by Crippen LogP contribution is 2.39. The minimum Gasteiger partial charge on any atom is -0.318 e. The Hall–Kier alpha value is -3.16. The van der Waals surface area contributed by atoms with Crippen LogP contribution in [-0.4, -0.2) is 40.2 Å². The molecule has 43 heavy (non-hydrogen) atoms. The summed E-state index contributed by atoms with van der Waals surface area (Å²) in [5, 5.41) is 9.23. The van der Waals surface area contributed by atoms with E-state index in [0.717, 1.165) is 34.2 Å². The molecule has 228 valence electrons. The van der Waals surface area contributed by atoms with E-state index in [0.29, 0.717) is 46.6 Å². The van der Waals surface area contributed by atoms with Crippen LogP contribution in [0.5, 0.6) is 0 Å². The summed E-state index contributed by atoms with van der Waals surface area (Å²) >= 11 is 1.48. The number of nitrogens with one attached hydrogen (secondary N) is 2. The maximum atomic E-state index is 13.2. The minimum atomic E-state index is -3.77. The third-order valence-corrected chi connectivity index (χ3v) is 11.4. The van der Waals surface area contributed by atoms with Crippen molar-refractivity contribution in [2.24, 2.45) is 29.1 Å². The Kier molecular flexibility index (Phi) is 9.05. The Labute approximate surface area is 257 Å². The van der Waals surface area contributed by atoms with Gasteiger partial charge < -0.3 is 4.57 Å². The van der Waals surface area contributed by atoms with E-state index in [-0.39, 0.29) is 9.79 Å². The fraction of sp³-hybridized carbons (Fsp3) is 0.355. The highest BCUT2D eigenvalue weighted by molar-refractivity contribution is 7.89. The van der Waals surface area contributed by atoms with E-state index in [2.05, 4.69) is 19.6 Å². The lowest BCUT2D eigenvalue weighted by Crippen LogP contribution is -2.26. The standard InChI is InChI=1S/C31H37N5O4S3/c1-20(2)14-16-32-42(37,38)22-10-12-24-25-13-11-23(43(39,40)33-17-15-21(3)4)19-27(25)30(26(24)18-22)34-35-31-36(5)28-8-6-7-9-29(28)41-31/h6-13,18-21,32-33H,14-17H2,1-5H3/b35-31-. The fourth-order valence-electron chi connectivity index (χ4n) is 4.90. The number of aromatic nitrogens is 1. The smallest absolute Gasteiger partial charge is 0.240 e. The number of aryl methyl sites for hydroxylation is 1. The molecule has 1 aliphatic rings. The normalized spacial score (nSPS) is 13.7. The summed E-state index contributed by atoms with van der Waals surface area (Å²) in [6.07, 6.45) is 1.44. The van der Waals surface area contributed by atoms with Crippen molar-refractivity contribution in [3.05, 3.63) is 76.6 Å². The van der Waals surface area contributed by atoms with Gasteiger partial charge in [-0.1, -0.05) is 63.3 Å². The molecular formula is C31H37N5O4S3. The second-order valence-electron chi connectivity index (χ2n) is 11.5. The van der Waals surface area contributed by atoms with Crippen LogP contribution < -0.4 is 14.2 Å². The molecule has 0 bridgehead atoms. The zero-order valence-electron chi connectivity index (χ0n) is 25.0. The van der Waals surface area contributed by atoms with E-state index in [1.165, 1.54) is 11.3 Å². The summed E-state index contributed by atoms with van der Waals surface area (Å²) in [6, 6.07) is 17.8. The molecule has 0 atom stereocenters. The molecule has 0 radical (unpaired) electrons. The van der Waals surface area contributed by atoms with Crippen LogP contribution in [0.25, 0.3) is 21.3 Å². The Morgan fingerprint density at radius 1 is 0.721 bits per heavy atom. The molecule has 0 spiro atoms. The van der Waals surface area contributed by atoms with Gasteiger partial charge in [0.1, 0.15) is 5.71 Å². The number of rotatable bonds is 11. The molecule has 1 aromatic heterocycles. The maximum absolute atomic E-state index is 13.2.